The van der Waals surface area contributed by atoms with E-state index in [1.54, 1.807) is 11.8 Å². The number of hydrogen-bond acceptors (Lipinski definition) is 14. The molecule has 19 heteroatoms. The topological polar surface area (TPSA) is 257 Å². The highest BCUT2D eigenvalue weighted by Crippen LogP contribution is 2.31. The number of rotatable bonds is 11. The molecule has 2 aromatic rings. The summed E-state index contributed by atoms with van der Waals surface area (Å²) in [5.41, 5.74) is 11.6. The van der Waals surface area contributed by atoms with Gasteiger partial charge in [0.1, 0.15) is 36.2 Å². The van der Waals surface area contributed by atoms with Crippen molar-refractivity contribution in [1.29, 1.82) is 0 Å². The summed E-state index contributed by atoms with van der Waals surface area (Å²) in [6.07, 6.45) is 3.54. The summed E-state index contributed by atoms with van der Waals surface area (Å²) in [4.78, 5) is 32.4. The second-order valence-electron chi connectivity index (χ2n) is 8.18. The van der Waals surface area contributed by atoms with Gasteiger partial charge in [0.25, 0.3) is 0 Å². The van der Waals surface area contributed by atoms with Crippen LogP contribution < -0.4 is 16.2 Å². The molecular formula is C20H35N7O8S4. The fourth-order valence-corrected chi connectivity index (χ4v) is 4.69. The number of ether oxygens (including phenoxy) is 1. The number of carboxylic acid groups (broad SMARTS) is 2. The van der Waals surface area contributed by atoms with Crippen molar-refractivity contribution in [2.45, 2.75) is 49.5 Å². The summed E-state index contributed by atoms with van der Waals surface area (Å²) >= 11 is 11.1. The first-order chi connectivity index (χ1) is 18.4. The van der Waals surface area contributed by atoms with E-state index in [-0.39, 0.29) is 15.3 Å². The SMILES string of the molecule is CS(=S)CCC([NH2+][S-])C(=O)O.CSCCC(N)C(=O)O.Nc1ncnc2c1ncn2[C@@H]1O[C@H](CO)[C@@H](O)[C@H]1O. The van der Waals surface area contributed by atoms with Crippen molar-refractivity contribution in [3.05, 3.63) is 12.7 Å². The number of aliphatic carboxylic acids is 2. The maximum absolute atomic E-state index is 10.4. The van der Waals surface area contributed by atoms with E-state index in [0.29, 0.717) is 24.0 Å². The van der Waals surface area contributed by atoms with E-state index in [4.69, 9.17) is 42.7 Å². The number of anilines is 1. The molecule has 39 heavy (non-hydrogen) atoms. The number of nitrogens with zero attached hydrogens (tertiary/aromatic N) is 4. The molecule has 1 aliphatic rings. The van der Waals surface area contributed by atoms with Crippen LogP contribution in [-0.4, -0.2) is 118 Å². The molecule has 3 rings (SSSR count). The van der Waals surface area contributed by atoms with Crippen molar-refractivity contribution in [1.82, 2.24) is 19.5 Å². The van der Waals surface area contributed by atoms with E-state index in [9.17, 15) is 19.8 Å². The van der Waals surface area contributed by atoms with Gasteiger partial charge in [-0.05, 0) is 24.7 Å². The predicted molar refractivity (Wildman–Crippen MR) is 152 cm³/mol. The van der Waals surface area contributed by atoms with Crippen LogP contribution in [0, 0.1) is 0 Å². The van der Waals surface area contributed by atoms with Crippen molar-refractivity contribution in [2.75, 3.05) is 36.4 Å². The van der Waals surface area contributed by atoms with Gasteiger partial charge in [-0.25, -0.2) is 19.7 Å². The lowest BCUT2D eigenvalue weighted by molar-refractivity contribution is -0.510. The second-order valence-corrected chi connectivity index (χ2v) is 12.7. The number of thioether (sulfide) groups is 1. The first kappa shape index (κ1) is 35.3. The first-order valence-electron chi connectivity index (χ1n) is 11.4. The maximum atomic E-state index is 10.4. The fourth-order valence-electron chi connectivity index (χ4n) is 3.08. The third-order valence-corrected chi connectivity index (χ3v) is 7.61. The average molecular weight is 630 g/mol. The monoisotopic (exact) mass is 629 g/mol. The zero-order chi connectivity index (χ0) is 29.7. The van der Waals surface area contributed by atoms with Crippen LogP contribution >= 0.6 is 11.8 Å². The van der Waals surface area contributed by atoms with Gasteiger partial charge >= 0.3 is 11.9 Å². The molecule has 7 atom stereocenters. The fraction of sp³-hybridized carbons (Fsp3) is 0.650. The Morgan fingerprint density at radius 1 is 1.26 bits per heavy atom. The number of quaternary nitrogens is 1. The van der Waals surface area contributed by atoms with Crippen LogP contribution in [-0.2, 0) is 47.8 Å². The number of imidazole rings is 1. The predicted octanol–water partition coefficient (Wildman–Crippen LogP) is -3.26. The molecular weight excluding hydrogens is 595 g/mol. The Labute approximate surface area is 241 Å². The molecule has 0 amide bonds. The number of carboxylic acids is 2. The standard InChI is InChI=1S/C10H13N5O4.C5H11NO2S3.C5H11NO2S/c11-8-5-9(13-2-12-8)15(3-14-5)10-7(18)6(17)4(1-16)19-10;1-11(10)3-2-4(6-9)5(7)8;1-9-3-2-4(6)5(7)8/h2-4,6-7,10,16-18H,1H2,(H2,11,12,13);4H,2-3,6H2,1H3,(H,7,8);4H,2-3,6H2,1H3,(H,7,8)/t4-,6-,7-,10-;;/m1../s1. The minimum Gasteiger partial charge on any atom is -0.497 e. The summed E-state index contributed by atoms with van der Waals surface area (Å²) in [6, 6.07) is -1.18. The molecule has 0 aromatic carbocycles. The summed E-state index contributed by atoms with van der Waals surface area (Å²) in [7, 11) is -0.101. The van der Waals surface area contributed by atoms with Gasteiger partial charge in [-0.2, -0.15) is 11.8 Å². The molecule has 0 saturated carbocycles. The lowest BCUT2D eigenvalue weighted by Gasteiger charge is -2.16. The molecule has 0 aliphatic carbocycles. The second kappa shape index (κ2) is 17.9. The van der Waals surface area contributed by atoms with Gasteiger partial charge in [-0.1, -0.05) is 11.2 Å². The smallest absolute Gasteiger partial charge is 0.361 e. The van der Waals surface area contributed by atoms with E-state index in [2.05, 4.69) is 27.8 Å². The number of carbonyl (C=O) groups is 2. The Bertz CT molecular complexity index is 1080. The molecule has 3 unspecified atom stereocenters. The minimum atomic E-state index is -1.19. The number of fused-ring (bicyclic) bond motifs is 1. The van der Waals surface area contributed by atoms with Crippen LogP contribution in [0.1, 0.15) is 19.1 Å². The molecule has 0 bridgehead atoms. The third-order valence-electron chi connectivity index (χ3n) is 5.33. The molecule has 3 heterocycles. The zero-order valence-corrected chi connectivity index (χ0v) is 24.5. The number of aromatic nitrogens is 4. The molecule has 2 aromatic heterocycles. The molecule has 0 radical (unpaired) electrons. The van der Waals surface area contributed by atoms with E-state index in [0.717, 1.165) is 11.5 Å². The Morgan fingerprint density at radius 2 is 1.92 bits per heavy atom. The Balaban J connectivity index is 0.000000326. The van der Waals surface area contributed by atoms with Gasteiger partial charge in [-0.3, -0.25) is 9.36 Å². The molecule has 11 N–H and O–H groups in total. The summed E-state index contributed by atoms with van der Waals surface area (Å²) in [5.74, 6) is 0.0346. The summed E-state index contributed by atoms with van der Waals surface area (Å²) in [6.45, 7) is -0.390. The number of nitrogen functional groups attached to an aromatic ring is 1. The van der Waals surface area contributed by atoms with E-state index in [1.807, 2.05) is 12.5 Å². The summed E-state index contributed by atoms with van der Waals surface area (Å²) in [5, 5.41) is 45.6. The Kier molecular flexibility index (Phi) is 16.2. The highest BCUT2D eigenvalue weighted by atomic mass is 32.8. The largest absolute Gasteiger partial charge is 0.497 e. The average Bonchev–Trinajstić information content (AvgIpc) is 3.44. The normalized spacial score (nSPS) is 22.6. The van der Waals surface area contributed by atoms with E-state index >= 15 is 0 Å². The lowest BCUT2D eigenvalue weighted by Crippen LogP contribution is -2.86. The van der Waals surface area contributed by atoms with Gasteiger partial charge in [-0.15, -0.1) is 9.45 Å². The molecule has 1 fully saturated rings. The molecule has 15 nitrogen and oxygen atoms in total. The van der Waals surface area contributed by atoms with Gasteiger partial charge < -0.3 is 59.3 Å². The highest BCUT2D eigenvalue weighted by molar-refractivity contribution is 8.28. The van der Waals surface area contributed by atoms with Gasteiger partial charge in [0.05, 0.1) is 12.9 Å². The van der Waals surface area contributed by atoms with Crippen molar-refractivity contribution >= 4 is 74.1 Å². The van der Waals surface area contributed by atoms with Crippen molar-refractivity contribution < 1.29 is 44.6 Å². The highest BCUT2D eigenvalue weighted by Gasteiger charge is 2.44. The van der Waals surface area contributed by atoms with Crippen LogP contribution in [0.5, 0.6) is 0 Å². The molecule has 0 spiro atoms. The van der Waals surface area contributed by atoms with Gasteiger partial charge in [0, 0.05) is 12.2 Å². The minimum absolute atomic E-state index is 0.101. The van der Waals surface area contributed by atoms with Gasteiger partial charge in [0.15, 0.2) is 23.7 Å². The van der Waals surface area contributed by atoms with Crippen LogP contribution in [0.15, 0.2) is 12.7 Å². The van der Waals surface area contributed by atoms with E-state index < -0.39 is 55.2 Å². The van der Waals surface area contributed by atoms with Crippen molar-refractivity contribution in [3.63, 3.8) is 0 Å². The first-order valence-corrected chi connectivity index (χ1v) is 16.0. The van der Waals surface area contributed by atoms with Crippen LogP contribution in [0.3, 0.4) is 0 Å². The summed E-state index contributed by atoms with van der Waals surface area (Å²) < 4.78 is 8.15. The Hall–Kier alpha value is -1.68. The van der Waals surface area contributed by atoms with Gasteiger partial charge in [0.2, 0.25) is 0 Å². The maximum Gasteiger partial charge on any atom is 0.361 e. The number of hydrogen-bond donors (Lipinski definition) is 8. The van der Waals surface area contributed by atoms with Crippen molar-refractivity contribution in [3.8, 4) is 0 Å². The number of aliphatic hydroxyl groups excluding tert-OH is 3. The van der Waals surface area contributed by atoms with Crippen LogP contribution in [0.25, 0.3) is 11.2 Å². The number of aliphatic hydroxyl groups is 3. The molecule has 1 saturated heterocycles. The molecule has 222 valence electrons. The lowest BCUT2D eigenvalue weighted by atomic mass is 10.1. The molecule has 1 aliphatic heterocycles. The zero-order valence-electron chi connectivity index (χ0n) is 21.3. The quantitative estimate of drug-likeness (QED) is 0.113. The van der Waals surface area contributed by atoms with Crippen LogP contribution in [0.2, 0.25) is 0 Å². The van der Waals surface area contributed by atoms with Crippen molar-refractivity contribution in [2.24, 2.45) is 5.73 Å². The van der Waals surface area contributed by atoms with E-state index in [1.165, 1.54) is 21.9 Å². The number of nitrogens with two attached hydrogens (primary N) is 3. The van der Waals surface area contributed by atoms with Crippen LogP contribution in [0.4, 0.5) is 5.82 Å². The Morgan fingerprint density at radius 3 is 2.41 bits per heavy atom. The third kappa shape index (κ3) is 11.0.